The molecule has 0 N–H and O–H groups in total. The third-order valence-electron chi connectivity index (χ3n) is 3.33. The van der Waals surface area contributed by atoms with Crippen molar-refractivity contribution in [1.82, 2.24) is 4.90 Å². The van der Waals surface area contributed by atoms with Crippen LogP contribution in [-0.2, 0) is 14.8 Å². The van der Waals surface area contributed by atoms with Crippen molar-refractivity contribution in [1.29, 1.82) is 0 Å². The molecule has 1 aromatic rings. The maximum absolute atomic E-state index is 12.5. The van der Waals surface area contributed by atoms with Crippen LogP contribution in [0, 0.1) is 0 Å². The van der Waals surface area contributed by atoms with Crippen LogP contribution in [0.15, 0.2) is 45.7 Å². The number of carbonyl (C=O) groups is 1. The van der Waals surface area contributed by atoms with Crippen LogP contribution in [0.4, 0.5) is 4.79 Å². The van der Waals surface area contributed by atoms with Gasteiger partial charge in [-0.1, -0.05) is 19.4 Å². The van der Waals surface area contributed by atoms with Crippen molar-refractivity contribution in [2.24, 2.45) is 4.40 Å². The first kappa shape index (κ1) is 18.0. The number of carbonyl (C=O) groups excluding carboxylic acids is 1. The highest BCUT2D eigenvalue weighted by molar-refractivity contribution is 7.90. The van der Waals surface area contributed by atoms with Gasteiger partial charge in [-0.15, -0.1) is 4.40 Å². The van der Waals surface area contributed by atoms with Crippen molar-refractivity contribution in [3.63, 3.8) is 0 Å². The van der Waals surface area contributed by atoms with Crippen LogP contribution >= 0.6 is 0 Å². The van der Waals surface area contributed by atoms with Gasteiger partial charge in [-0.2, -0.15) is 8.42 Å². The molecular formula is C16H20N2O5S. The van der Waals surface area contributed by atoms with Gasteiger partial charge in [0.1, 0.15) is 12.4 Å². The molecule has 1 saturated heterocycles. The number of allylic oxidation sites excluding steroid dienone is 1. The number of methoxy groups -OCH3 is 1. The molecular weight excluding hydrogens is 332 g/mol. The third-order valence-corrected chi connectivity index (χ3v) is 4.63. The summed E-state index contributed by atoms with van der Waals surface area (Å²) in [5, 5.41) is 0. The van der Waals surface area contributed by atoms with Gasteiger partial charge >= 0.3 is 6.09 Å². The molecule has 7 nitrogen and oxygen atoms in total. The van der Waals surface area contributed by atoms with Gasteiger partial charge in [0.2, 0.25) is 0 Å². The van der Waals surface area contributed by atoms with E-state index >= 15 is 0 Å². The first-order chi connectivity index (χ1) is 11.5. The Morgan fingerprint density at radius 2 is 2.08 bits per heavy atom. The fourth-order valence-corrected chi connectivity index (χ4v) is 3.04. The molecule has 0 aromatic heterocycles. The molecule has 2 rings (SSSR count). The van der Waals surface area contributed by atoms with Crippen LogP contribution in [0.25, 0.3) is 0 Å². The van der Waals surface area contributed by atoms with Gasteiger partial charge in [-0.3, -0.25) is 4.90 Å². The third kappa shape index (κ3) is 4.35. The fraction of sp³-hybridized carbons (Fsp3) is 0.375. The number of cyclic esters (lactones) is 1. The second kappa shape index (κ2) is 7.96. The predicted molar refractivity (Wildman–Crippen MR) is 89.7 cm³/mol. The number of amides is 1. The number of nitrogens with zero attached hydrogens (tertiary/aromatic N) is 2. The monoisotopic (exact) mass is 352 g/mol. The smallest absolute Gasteiger partial charge is 0.415 e. The van der Waals surface area contributed by atoms with E-state index in [1.54, 1.807) is 18.2 Å². The highest BCUT2D eigenvalue weighted by Crippen LogP contribution is 2.18. The van der Waals surface area contributed by atoms with E-state index < -0.39 is 16.1 Å². The van der Waals surface area contributed by atoms with Gasteiger partial charge in [0.15, 0.2) is 5.84 Å². The van der Waals surface area contributed by atoms with Crippen LogP contribution in [0.5, 0.6) is 5.75 Å². The highest BCUT2D eigenvalue weighted by Gasteiger charge is 2.27. The number of benzene rings is 1. The minimum absolute atomic E-state index is 0.0252. The van der Waals surface area contributed by atoms with Crippen LogP contribution in [0.2, 0.25) is 0 Å². The topological polar surface area (TPSA) is 85.3 Å². The summed E-state index contributed by atoms with van der Waals surface area (Å²) >= 11 is 0. The van der Waals surface area contributed by atoms with Crippen molar-refractivity contribution in [3.05, 3.63) is 36.4 Å². The minimum Gasteiger partial charge on any atom is -0.497 e. The maximum Gasteiger partial charge on any atom is 0.415 e. The van der Waals surface area contributed by atoms with E-state index in [-0.39, 0.29) is 23.9 Å². The quantitative estimate of drug-likeness (QED) is 0.580. The molecule has 1 fully saturated rings. The van der Waals surface area contributed by atoms with Gasteiger partial charge in [0.05, 0.1) is 18.6 Å². The molecule has 0 radical (unpaired) electrons. The first-order valence-electron chi connectivity index (χ1n) is 7.58. The standard InChI is InChI=1S/C16H20N2O5S/c1-3-4-5-6-15(18-11-12-23-16(18)19)17-24(20,21)14-9-7-13(22-2)8-10-14/h5-10H,3-4,11-12H2,1-2H3/b6-5+,17-15-. The zero-order valence-electron chi connectivity index (χ0n) is 13.6. The number of hydrogen-bond donors (Lipinski definition) is 0. The molecule has 1 aliphatic rings. The molecule has 0 saturated carbocycles. The van der Waals surface area contributed by atoms with E-state index in [1.165, 1.54) is 30.2 Å². The van der Waals surface area contributed by atoms with Gasteiger partial charge in [-0.05, 0) is 36.8 Å². The van der Waals surface area contributed by atoms with E-state index in [4.69, 9.17) is 9.47 Å². The lowest BCUT2D eigenvalue weighted by Crippen LogP contribution is -2.31. The lowest BCUT2D eigenvalue weighted by Gasteiger charge is -2.12. The molecule has 8 heteroatoms. The number of unbranched alkanes of at least 4 members (excludes halogenated alkanes) is 1. The Hall–Kier alpha value is -2.35. The summed E-state index contributed by atoms with van der Waals surface area (Å²) in [6, 6.07) is 5.90. The summed E-state index contributed by atoms with van der Waals surface area (Å²) in [6.07, 6.45) is 4.38. The number of amidine groups is 1. The van der Waals surface area contributed by atoms with Crippen LogP contribution < -0.4 is 4.74 Å². The predicted octanol–water partition coefficient (Wildman–Crippen LogP) is 2.59. The number of rotatable bonds is 6. The Labute approximate surface area is 141 Å². The molecule has 1 aliphatic heterocycles. The van der Waals surface area contributed by atoms with Crippen molar-refractivity contribution in [2.45, 2.75) is 24.7 Å². The molecule has 0 bridgehead atoms. The Morgan fingerprint density at radius 1 is 1.38 bits per heavy atom. The van der Waals surface area contributed by atoms with Gasteiger partial charge in [-0.25, -0.2) is 4.79 Å². The molecule has 1 heterocycles. The Bertz CT molecular complexity index is 738. The summed E-state index contributed by atoms with van der Waals surface area (Å²) in [5.74, 6) is 0.603. The van der Waals surface area contributed by atoms with E-state index in [1.807, 2.05) is 6.92 Å². The van der Waals surface area contributed by atoms with Crippen molar-refractivity contribution in [3.8, 4) is 5.75 Å². The molecule has 24 heavy (non-hydrogen) atoms. The van der Waals surface area contributed by atoms with Gasteiger partial charge < -0.3 is 9.47 Å². The van der Waals surface area contributed by atoms with Gasteiger partial charge in [0.25, 0.3) is 10.0 Å². The van der Waals surface area contributed by atoms with E-state index in [2.05, 4.69) is 4.40 Å². The number of hydrogen-bond acceptors (Lipinski definition) is 5. The largest absolute Gasteiger partial charge is 0.497 e. The van der Waals surface area contributed by atoms with E-state index in [0.717, 1.165) is 12.8 Å². The Balaban J connectivity index is 2.36. The number of sulfonamides is 1. The molecule has 1 amide bonds. The molecule has 130 valence electrons. The van der Waals surface area contributed by atoms with Crippen LogP contribution in [0.3, 0.4) is 0 Å². The lowest BCUT2D eigenvalue weighted by atomic mass is 10.3. The molecule has 0 aliphatic carbocycles. The summed E-state index contributed by atoms with van der Waals surface area (Å²) < 4.78 is 38.7. The zero-order chi connectivity index (χ0) is 17.6. The lowest BCUT2D eigenvalue weighted by molar-refractivity contribution is 0.169. The highest BCUT2D eigenvalue weighted by atomic mass is 32.2. The second-order valence-corrected chi connectivity index (χ2v) is 6.66. The fourth-order valence-electron chi connectivity index (χ4n) is 2.05. The molecule has 0 atom stereocenters. The maximum atomic E-state index is 12.5. The number of ether oxygens (including phenoxy) is 2. The van der Waals surface area contributed by atoms with E-state index in [0.29, 0.717) is 5.75 Å². The molecule has 1 aromatic carbocycles. The Morgan fingerprint density at radius 3 is 2.62 bits per heavy atom. The first-order valence-corrected chi connectivity index (χ1v) is 9.02. The Kier molecular flexibility index (Phi) is 5.97. The molecule has 0 spiro atoms. The summed E-state index contributed by atoms with van der Waals surface area (Å²) in [7, 11) is -2.45. The average molecular weight is 352 g/mol. The zero-order valence-corrected chi connectivity index (χ0v) is 14.5. The van der Waals surface area contributed by atoms with Crippen molar-refractivity contribution in [2.75, 3.05) is 20.3 Å². The summed E-state index contributed by atoms with van der Waals surface area (Å²) in [4.78, 5) is 13.0. The van der Waals surface area contributed by atoms with Crippen LogP contribution in [-0.4, -0.2) is 45.5 Å². The SMILES string of the molecule is CCC/C=C/C(=N/S(=O)(=O)c1ccc(OC)cc1)N1CCOC1=O. The normalized spacial score (nSPS) is 15.8. The second-order valence-electron chi connectivity index (χ2n) is 5.06. The van der Waals surface area contributed by atoms with Crippen molar-refractivity contribution < 1.29 is 22.7 Å². The van der Waals surface area contributed by atoms with E-state index in [9.17, 15) is 13.2 Å². The van der Waals surface area contributed by atoms with Crippen molar-refractivity contribution >= 4 is 22.0 Å². The molecule has 0 unspecified atom stereocenters. The van der Waals surface area contributed by atoms with Crippen LogP contribution in [0.1, 0.15) is 19.8 Å². The minimum atomic E-state index is -3.95. The average Bonchev–Trinajstić information content (AvgIpc) is 3.00. The summed E-state index contributed by atoms with van der Waals surface area (Å²) in [6.45, 7) is 2.48. The van der Waals surface area contributed by atoms with Gasteiger partial charge in [0, 0.05) is 0 Å². The summed E-state index contributed by atoms with van der Waals surface area (Å²) in [5.41, 5.74) is 0.